The van der Waals surface area contributed by atoms with E-state index in [2.05, 4.69) is 10.3 Å². The molecular weight excluding hydrogens is 320 g/mol. The fourth-order valence-corrected chi connectivity index (χ4v) is 3.32. The second-order valence-electron chi connectivity index (χ2n) is 4.96. The second-order valence-corrected chi connectivity index (χ2v) is 7.91. The van der Waals surface area contributed by atoms with Crippen molar-refractivity contribution in [2.45, 2.75) is 31.2 Å². The first-order valence-electron chi connectivity index (χ1n) is 6.87. The van der Waals surface area contributed by atoms with Crippen molar-refractivity contribution < 1.29 is 13.2 Å². The van der Waals surface area contributed by atoms with Crippen LogP contribution < -0.4 is 5.32 Å². The molecule has 1 amide bonds. The van der Waals surface area contributed by atoms with Gasteiger partial charge in [-0.3, -0.25) is 4.79 Å². The molecule has 1 heterocycles. The lowest BCUT2D eigenvalue weighted by molar-refractivity contribution is -0.120. The van der Waals surface area contributed by atoms with E-state index in [0.29, 0.717) is 6.54 Å². The molecule has 0 saturated carbocycles. The average molecular weight is 338 g/mol. The van der Waals surface area contributed by atoms with Gasteiger partial charge < -0.3 is 5.32 Å². The van der Waals surface area contributed by atoms with Crippen LogP contribution in [0.1, 0.15) is 23.2 Å². The van der Waals surface area contributed by atoms with Gasteiger partial charge in [0, 0.05) is 11.6 Å². The summed E-state index contributed by atoms with van der Waals surface area (Å²) in [5, 5.41) is 5.70. The van der Waals surface area contributed by atoms with Crippen LogP contribution in [-0.2, 0) is 34.0 Å². The van der Waals surface area contributed by atoms with E-state index in [1.807, 2.05) is 12.3 Å². The maximum Gasteiger partial charge on any atom is 0.224 e. The molecule has 0 atom stereocenters. The Morgan fingerprint density at radius 3 is 2.50 bits per heavy atom. The zero-order valence-electron chi connectivity index (χ0n) is 12.5. The first-order valence-corrected chi connectivity index (χ1v) is 9.64. The number of nitrogens with zero attached hydrogens (tertiary/aromatic N) is 1. The first kappa shape index (κ1) is 16.6. The number of carbonyl (C=O) groups excluding carboxylic acids is 1. The minimum atomic E-state index is -3.20. The predicted molar refractivity (Wildman–Crippen MR) is 86.6 cm³/mol. The normalized spacial score (nSPS) is 11.4. The molecule has 1 aromatic heterocycles. The molecule has 0 fully saturated rings. The number of hydrogen-bond acceptors (Lipinski definition) is 5. The Morgan fingerprint density at radius 2 is 1.95 bits per heavy atom. The number of thiazole rings is 1. The van der Waals surface area contributed by atoms with E-state index in [-0.39, 0.29) is 17.2 Å². The summed E-state index contributed by atoms with van der Waals surface area (Å²) in [5.74, 6) is -0.111. The quantitative estimate of drug-likeness (QED) is 0.874. The number of rotatable bonds is 6. The van der Waals surface area contributed by atoms with Crippen molar-refractivity contribution in [1.82, 2.24) is 10.3 Å². The second kappa shape index (κ2) is 7.02. The number of carbonyl (C=O) groups is 1. The van der Waals surface area contributed by atoms with Crippen LogP contribution in [0.25, 0.3) is 0 Å². The van der Waals surface area contributed by atoms with Gasteiger partial charge in [0.2, 0.25) is 5.91 Å². The predicted octanol–water partition coefficient (Wildman–Crippen LogP) is 1.97. The van der Waals surface area contributed by atoms with E-state index in [1.54, 1.807) is 12.1 Å². The lowest BCUT2D eigenvalue weighted by Gasteiger charge is -2.04. The van der Waals surface area contributed by atoms with E-state index < -0.39 is 9.84 Å². The summed E-state index contributed by atoms with van der Waals surface area (Å²) in [5.41, 5.74) is 1.81. The molecule has 2 rings (SSSR count). The van der Waals surface area contributed by atoms with Crippen molar-refractivity contribution in [3.05, 3.63) is 45.9 Å². The highest BCUT2D eigenvalue weighted by Gasteiger charge is 2.09. The maximum absolute atomic E-state index is 11.9. The van der Waals surface area contributed by atoms with E-state index in [4.69, 9.17) is 0 Å². The van der Waals surface area contributed by atoms with Crippen LogP contribution >= 0.6 is 11.3 Å². The molecule has 118 valence electrons. The molecule has 0 saturated heterocycles. The maximum atomic E-state index is 11.9. The molecular formula is C15H18N2O3S2. The van der Waals surface area contributed by atoms with Crippen molar-refractivity contribution in [1.29, 1.82) is 0 Å². The van der Waals surface area contributed by atoms with Gasteiger partial charge in [0.15, 0.2) is 9.84 Å². The Balaban J connectivity index is 1.89. The van der Waals surface area contributed by atoms with Gasteiger partial charge in [0.05, 0.1) is 23.6 Å². The van der Waals surface area contributed by atoms with E-state index in [9.17, 15) is 13.2 Å². The number of aromatic nitrogens is 1. The molecule has 0 bridgehead atoms. The molecule has 5 nitrogen and oxygen atoms in total. The van der Waals surface area contributed by atoms with E-state index in [1.165, 1.54) is 23.5 Å². The van der Waals surface area contributed by atoms with Gasteiger partial charge >= 0.3 is 0 Å². The smallest absolute Gasteiger partial charge is 0.224 e. The van der Waals surface area contributed by atoms with Crippen molar-refractivity contribution in [3.63, 3.8) is 0 Å². The molecule has 1 N–H and O–H groups in total. The highest BCUT2D eigenvalue weighted by atomic mass is 32.2. The Morgan fingerprint density at radius 1 is 1.27 bits per heavy atom. The average Bonchev–Trinajstić information content (AvgIpc) is 2.93. The minimum absolute atomic E-state index is 0.111. The lowest BCUT2D eigenvalue weighted by Crippen LogP contribution is -2.24. The van der Waals surface area contributed by atoms with Crippen molar-refractivity contribution >= 4 is 27.1 Å². The largest absolute Gasteiger partial charge is 0.349 e. The molecule has 0 aliphatic heterocycles. The molecule has 0 aliphatic rings. The Kier molecular flexibility index (Phi) is 5.31. The van der Waals surface area contributed by atoms with Gasteiger partial charge in [-0.05, 0) is 24.1 Å². The molecule has 2 aromatic rings. The number of nitrogens with one attached hydrogen (secondary N) is 1. The number of aryl methyl sites for hydroxylation is 1. The van der Waals surface area contributed by atoms with Gasteiger partial charge in [-0.1, -0.05) is 19.1 Å². The topological polar surface area (TPSA) is 76.1 Å². The SMILES string of the molecule is CCc1csc(CNC(=O)Cc2ccc(S(C)(=O)=O)cc2)n1. The number of benzene rings is 1. The highest BCUT2D eigenvalue weighted by Crippen LogP contribution is 2.12. The molecule has 1 aromatic carbocycles. The number of sulfone groups is 1. The monoisotopic (exact) mass is 338 g/mol. The van der Waals surface area contributed by atoms with Gasteiger partial charge in [0.1, 0.15) is 5.01 Å². The third kappa shape index (κ3) is 4.64. The Labute approximate surface area is 134 Å². The fourth-order valence-electron chi connectivity index (χ4n) is 1.87. The summed E-state index contributed by atoms with van der Waals surface area (Å²) in [6.07, 6.45) is 2.26. The summed E-state index contributed by atoms with van der Waals surface area (Å²) in [6, 6.07) is 6.36. The van der Waals surface area contributed by atoms with Gasteiger partial charge in [-0.25, -0.2) is 13.4 Å². The summed E-state index contributed by atoms with van der Waals surface area (Å²) in [6.45, 7) is 2.46. The van der Waals surface area contributed by atoms with Crippen LogP contribution in [0.3, 0.4) is 0 Å². The lowest BCUT2D eigenvalue weighted by atomic mass is 10.1. The standard InChI is InChI=1S/C15H18N2O3S2/c1-3-12-10-21-15(17-12)9-16-14(18)8-11-4-6-13(7-5-11)22(2,19)20/h4-7,10H,3,8-9H2,1-2H3,(H,16,18). The summed E-state index contributed by atoms with van der Waals surface area (Å²) in [7, 11) is -3.20. The van der Waals surface area contributed by atoms with Crippen LogP contribution in [0.4, 0.5) is 0 Å². The summed E-state index contributed by atoms with van der Waals surface area (Å²) in [4.78, 5) is 16.5. The Hall–Kier alpha value is -1.73. The molecule has 0 unspecified atom stereocenters. The molecule has 0 spiro atoms. The first-order chi connectivity index (χ1) is 10.4. The van der Waals surface area contributed by atoms with Crippen LogP contribution in [0, 0.1) is 0 Å². The number of hydrogen-bond donors (Lipinski definition) is 1. The fraction of sp³-hybridized carbons (Fsp3) is 0.333. The van der Waals surface area contributed by atoms with Crippen LogP contribution in [0.15, 0.2) is 34.5 Å². The van der Waals surface area contributed by atoms with Crippen LogP contribution in [-0.4, -0.2) is 25.6 Å². The third-order valence-corrected chi connectivity index (χ3v) is 5.14. The molecule has 0 aliphatic carbocycles. The molecule has 22 heavy (non-hydrogen) atoms. The third-order valence-electron chi connectivity index (χ3n) is 3.11. The zero-order valence-corrected chi connectivity index (χ0v) is 14.1. The zero-order chi connectivity index (χ0) is 16.2. The van der Waals surface area contributed by atoms with Gasteiger partial charge in [-0.15, -0.1) is 11.3 Å². The summed E-state index contributed by atoms with van der Waals surface area (Å²) < 4.78 is 22.7. The van der Waals surface area contributed by atoms with Crippen LogP contribution in [0.5, 0.6) is 0 Å². The van der Waals surface area contributed by atoms with E-state index in [0.717, 1.165) is 28.9 Å². The Bertz CT molecular complexity index is 749. The number of amides is 1. The van der Waals surface area contributed by atoms with Crippen molar-refractivity contribution in [3.8, 4) is 0 Å². The minimum Gasteiger partial charge on any atom is -0.349 e. The van der Waals surface area contributed by atoms with Gasteiger partial charge in [0.25, 0.3) is 0 Å². The molecule has 7 heteroatoms. The van der Waals surface area contributed by atoms with Crippen molar-refractivity contribution in [2.75, 3.05) is 6.26 Å². The van der Waals surface area contributed by atoms with Crippen molar-refractivity contribution in [2.24, 2.45) is 0 Å². The van der Waals surface area contributed by atoms with Gasteiger partial charge in [-0.2, -0.15) is 0 Å². The van der Waals surface area contributed by atoms with Crippen LogP contribution in [0.2, 0.25) is 0 Å². The molecule has 0 radical (unpaired) electrons. The highest BCUT2D eigenvalue weighted by molar-refractivity contribution is 7.90. The van der Waals surface area contributed by atoms with E-state index >= 15 is 0 Å². The summed E-state index contributed by atoms with van der Waals surface area (Å²) >= 11 is 1.53.